The summed E-state index contributed by atoms with van der Waals surface area (Å²) in [5.41, 5.74) is 2.75. The third-order valence-corrected chi connectivity index (χ3v) is 8.59. The molecule has 206 valence electrons. The summed E-state index contributed by atoms with van der Waals surface area (Å²) < 4.78 is 14.1. The zero-order chi connectivity index (χ0) is 28.9. The molecular weight excluding hydrogens is 620 g/mol. The quantitative estimate of drug-likeness (QED) is 0.145. The minimum absolute atomic E-state index is 0.0963. The lowest BCUT2D eigenvalue weighted by Crippen LogP contribution is -2.40. The van der Waals surface area contributed by atoms with Crippen LogP contribution >= 0.6 is 39.0 Å². The molecule has 0 spiro atoms. The van der Waals surface area contributed by atoms with Gasteiger partial charge in [0.25, 0.3) is 5.56 Å². The first-order valence-corrected chi connectivity index (χ1v) is 15.6. The van der Waals surface area contributed by atoms with Crippen LogP contribution in [0.25, 0.3) is 11.8 Å². The van der Waals surface area contributed by atoms with Gasteiger partial charge in [-0.15, -0.1) is 18.2 Å². The molecule has 0 saturated carbocycles. The number of esters is 1. The molecule has 2 heterocycles. The fourth-order valence-electron chi connectivity index (χ4n) is 4.57. The Morgan fingerprint density at radius 3 is 2.61 bits per heavy atom. The van der Waals surface area contributed by atoms with Gasteiger partial charge in [0.2, 0.25) is 0 Å². The highest BCUT2D eigenvalue weighted by Gasteiger charge is 2.35. The van der Waals surface area contributed by atoms with Gasteiger partial charge in [-0.05, 0) is 55.2 Å². The van der Waals surface area contributed by atoms with Gasteiger partial charge in [-0.25, -0.2) is 9.79 Å². The van der Waals surface area contributed by atoms with Crippen LogP contribution in [-0.4, -0.2) is 30.0 Å². The monoisotopic (exact) mass is 644 g/mol. The van der Waals surface area contributed by atoms with Crippen LogP contribution < -0.4 is 19.6 Å². The summed E-state index contributed by atoms with van der Waals surface area (Å²) in [6.45, 7) is 2.05. The average Bonchev–Trinajstić information content (AvgIpc) is 3.30. The summed E-state index contributed by atoms with van der Waals surface area (Å²) >= 11 is 6.37. The number of terminal acetylenes is 1. The number of benzene rings is 3. The van der Waals surface area contributed by atoms with E-state index in [1.165, 1.54) is 11.3 Å². The van der Waals surface area contributed by atoms with Crippen molar-refractivity contribution in [1.29, 1.82) is 0 Å². The molecule has 4 aromatic rings. The number of thioether (sulfide) groups is 1. The van der Waals surface area contributed by atoms with E-state index in [4.69, 9.17) is 20.9 Å². The Balaban J connectivity index is 1.80. The SMILES string of the molecule is C#CCOc1ccc(Br)cc1/C=c1\sc2n(c1=O)[C@@H](c1ccc(SC)cc1)C(C(=O)OCC)=C(c1ccccc1)N=2. The molecule has 0 radical (unpaired) electrons. The van der Waals surface area contributed by atoms with E-state index in [1.807, 2.05) is 73.0 Å². The highest BCUT2D eigenvalue weighted by Crippen LogP contribution is 2.35. The van der Waals surface area contributed by atoms with Crippen LogP contribution in [0, 0.1) is 12.3 Å². The van der Waals surface area contributed by atoms with Crippen molar-refractivity contribution in [2.24, 2.45) is 4.99 Å². The van der Waals surface area contributed by atoms with E-state index in [-0.39, 0.29) is 18.8 Å². The van der Waals surface area contributed by atoms with Crippen molar-refractivity contribution in [3.05, 3.63) is 119 Å². The van der Waals surface area contributed by atoms with Gasteiger partial charge in [-0.1, -0.05) is 75.7 Å². The van der Waals surface area contributed by atoms with Crippen LogP contribution in [0.5, 0.6) is 5.75 Å². The first-order valence-electron chi connectivity index (χ1n) is 12.7. The van der Waals surface area contributed by atoms with Crippen LogP contribution in [0.15, 0.2) is 97.5 Å². The van der Waals surface area contributed by atoms with Crippen LogP contribution in [0.3, 0.4) is 0 Å². The number of aromatic nitrogens is 1. The second-order valence-corrected chi connectivity index (χ2v) is 11.7. The summed E-state index contributed by atoms with van der Waals surface area (Å²) in [4.78, 5) is 34.2. The summed E-state index contributed by atoms with van der Waals surface area (Å²) in [5, 5.41) is 0. The largest absolute Gasteiger partial charge is 0.480 e. The number of carbonyl (C=O) groups excluding carboxylic acids is 1. The van der Waals surface area contributed by atoms with Gasteiger partial charge in [0.15, 0.2) is 4.80 Å². The lowest BCUT2D eigenvalue weighted by molar-refractivity contribution is -0.138. The molecule has 1 atom stereocenters. The number of hydrogen-bond acceptors (Lipinski definition) is 7. The smallest absolute Gasteiger partial charge is 0.338 e. The van der Waals surface area contributed by atoms with E-state index >= 15 is 0 Å². The Kier molecular flexibility index (Phi) is 8.93. The molecule has 3 aromatic carbocycles. The van der Waals surface area contributed by atoms with E-state index in [2.05, 4.69) is 21.9 Å². The molecule has 0 unspecified atom stereocenters. The van der Waals surface area contributed by atoms with Crippen molar-refractivity contribution in [3.8, 4) is 18.1 Å². The van der Waals surface area contributed by atoms with Crippen molar-refractivity contribution >= 4 is 56.8 Å². The summed E-state index contributed by atoms with van der Waals surface area (Å²) in [5.74, 6) is 2.51. The Labute approximate surface area is 254 Å². The number of halogens is 1. The topological polar surface area (TPSA) is 69.9 Å². The molecule has 0 bridgehead atoms. The molecule has 1 aliphatic rings. The maximum atomic E-state index is 14.1. The van der Waals surface area contributed by atoms with Gasteiger partial charge < -0.3 is 9.47 Å². The Morgan fingerprint density at radius 1 is 1.17 bits per heavy atom. The standard InChI is InChI=1S/C32H25BrN2O4S2/c1-4-17-39-25-16-13-23(33)18-22(25)19-26-30(36)35-29(21-11-14-24(40-3)15-12-21)27(31(37)38-5-2)28(34-32(35)41-26)20-9-7-6-8-10-20/h1,6-16,18-19,29H,5,17H2,2-3H3/b26-19-/t29-/m0/s1. The molecule has 0 aliphatic carbocycles. The van der Waals surface area contributed by atoms with E-state index < -0.39 is 12.0 Å². The summed E-state index contributed by atoms with van der Waals surface area (Å²) in [6.07, 6.45) is 9.17. The summed E-state index contributed by atoms with van der Waals surface area (Å²) in [7, 11) is 0. The lowest BCUT2D eigenvalue weighted by atomic mass is 9.93. The zero-order valence-corrected chi connectivity index (χ0v) is 25.5. The Morgan fingerprint density at radius 2 is 1.93 bits per heavy atom. The van der Waals surface area contributed by atoms with E-state index in [0.717, 1.165) is 20.5 Å². The van der Waals surface area contributed by atoms with Gasteiger partial charge in [-0.3, -0.25) is 9.36 Å². The average molecular weight is 646 g/mol. The molecule has 1 aromatic heterocycles. The molecule has 5 rings (SSSR count). The molecule has 41 heavy (non-hydrogen) atoms. The van der Waals surface area contributed by atoms with E-state index in [1.54, 1.807) is 35.4 Å². The maximum Gasteiger partial charge on any atom is 0.338 e. The number of ether oxygens (including phenoxy) is 2. The molecule has 0 fully saturated rings. The second kappa shape index (κ2) is 12.8. The highest BCUT2D eigenvalue weighted by atomic mass is 79.9. The van der Waals surface area contributed by atoms with Gasteiger partial charge in [0.1, 0.15) is 12.4 Å². The molecular formula is C32H25BrN2O4S2. The fraction of sp³-hybridized carbons (Fsp3) is 0.156. The normalized spacial score (nSPS) is 14.7. The van der Waals surface area contributed by atoms with Crippen LogP contribution in [0.4, 0.5) is 0 Å². The van der Waals surface area contributed by atoms with Crippen molar-refractivity contribution in [1.82, 2.24) is 4.57 Å². The van der Waals surface area contributed by atoms with Crippen LogP contribution in [0.1, 0.15) is 29.7 Å². The molecule has 1 aliphatic heterocycles. The van der Waals surface area contributed by atoms with Gasteiger partial charge in [-0.2, -0.15) is 0 Å². The Bertz CT molecular complexity index is 1850. The van der Waals surface area contributed by atoms with Crippen LogP contribution in [-0.2, 0) is 9.53 Å². The van der Waals surface area contributed by atoms with Crippen molar-refractivity contribution < 1.29 is 14.3 Å². The lowest BCUT2D eigenvalue weighted by Gasteiger charge is -2.26. The van der Waals surface area contributed by atoms with E-state index in [9.17, 15) is 9.59 Å². The highest BCUT2D eigenvalue weighted by molar-refractivity contribution is 9.10. The van der Waals surface area contributed by atoms with E-state index in [0.29, 0.717) is 31.9 Å². The first kappa shape index (κ1) is 28.7. The summed E-state index contributed by atoms with van der Waals surface area (Å²) in [6, 6.07) is 22.1. The Hall–Kier alpha value is -3.84. The predicted octanol–water partition coefficient (Wildman–Crippen LogP) is 5.43. The minimum Gasteiger partial charge on any atom is -0.480 e. The fourth-order valence-corrected chi connectivity index (χ4v) is 6.35. The van der Waals surface area contributed by atoms with Gasteiger partial charge in [0.05, 0.1) is 28.5 Å². The number of carbonyl (C=O) groups is 1. The maximum absolute atomic E-state index is 14.1. The molecule has 0 N–H and O–H groups in total. The van der Waals surface area contributed by atoms with Crippen LogP contribution in [0.2, 0.25) is 0 Å². The first-order chi connectivity index (χ1) is 19.9. The van der Waals surface area contributed by atoms with Crippen molar-refractivity contribution in [2.45, 2.75) is 17.9 Å². The number of hydrogen-bond donors (Lipinski definition) is 0. The van der Waals surface area contributed by atoms with Gasteiger partial charge >= 0.3 is 5.97 Å². The third kappa shape index (κ3) is 5.96. The van der Waals surface area contributed by atoms with Crippen molar-refractivity contribution in [2.75, 3.05) is 19.5 Å². The second-order valence-electron chi connectivity index (χ2n) is 8.88. The third-order valence-electron chi connectivity index (χ3n) is 6.37. The number of fused-ring (bicyclic) bond motifs is 1. The minimum atomic E-state index is -0.738. The number of nitrogens with zero attached hydrogens (tertiary/aromatic N) is 2. The van der Waals surface area contributed by atoms with Crippen molar-refractivity contribution in [3.63, 3.8) is 0 Å². The number of rotatable bonds is 8. The zero-order valence-electron chi connectivity index (χ0n) is 22.3. The molecule has 9 heteroatoms. The number of thiazole rings is 1. The molecule has 0 amide bonds. The van der Waals surface area contributed by atoms with Gasteiger partial charge in [0, 0.05) is 20.5 Å². The predicted molar refractivity (Wildman–Crippen MR) is 168 cm³/mol. The molecule has 0 saturated heterocycles. The molecule has 6 nitrogen and oxygen atoms in total.